The Bertz CT molecular complexity index is 450. The minimum absolute atomic E-state index is 0.0127. The summed E-state index contributed by atoms with van der Waals surface area (Å²) >= 11 is 0. The Labute approximate surface area is 115 Å². The lowest BCUT2D eigenvalue weighted by Crippen LogP contribution is -2.47. The van der Waals surface area contributed by atoms with Gasteiger partial charge in [0.1, 0.15) is 0 Å². The number of benzene rings is 1. The van der Waals surface area contributed by atoms with Gasteiger partial charge in [0.25, 0.3) is 0 Å². The van der Waals surface area contributed by atoms with E-state index in [4.69, 9.17) is 0 Å². The van der Waals surface area contributed by atoms with Gasteiger partial charge in [-0.15, -0.1) is 0 Å². The predicted molar refractivity (Wildman–Crippen MR) is 78.1 cm³/mol. The van der Waals surface area contributed by atoms with Crippen molar-refractivity contribution in [2.45, 2.75) is 52.1 Å². The van der Waals surface area contributed by atoms with Gasteiger partial charge in [-0.2, -0.15) is 0 Å². The van der Waals surface area contributed by atoms with Crippen LogP contribution in [0.4, 0.5) is 0 Å². The highest BCUT2D eigenvalue weighted by Crippen LogP contribution is 2.19. The van der Waals surface area contributed by atoms with Crippen molar-refractivity contribution in [3.63, 3.8) is 0 Å². The fourth-order valence-corrected chi connectivity index (χ4v) is 2.69. The Morgan fingerprint density at radius 1 is 1.37 bits per heavy atom. The van der Waals surface area contributed by atoms with Crippen LogP contribution < -0.4 is 10.6 Å². The van der Waals surface area contributed by atoms with Gasteiger partial charge in [-0.25, -0.2) is 0 Å². The van der Waals surface area contributed by atoms with Crippen molar-refractivity contribution in [3.8, 4) is 0 Å². The number of amides is 1. The summed E-state index contributed by atoms with van der Waals surface area (Å²) in [7, 11) is 0. The van der Waals surface area contributed by atoms with E-state index in [1.807, 2.05) is 0 Å². The summed E-state index contributed by atoms with van der Waals surface area (Å²) in [5, 5.41) is 6.42. The maximum absolute atomic E-state index is 12.2. The van der Waals surface area contributed by atoms with E-state index in [1.165, 1.54) is 23.1 Å². The third kappa shape index (κ3) is 3.57. The molecule has 1 aromatic carbocycles. The second kappa shape index (κ2) is 6.20. The third-order valence-corrected chi connectivity index (χ3v) is 3.89. The SMILES string of the molecule is Cc1ccc(C)c(C(C)NC(=O)C2CCCCN2)c1. The molecule has 3 heteroatoms. The molecule has 1 amide bonds. The van der Waals surface area contributed by atoms with E-state index >= 15 is 0 Å². The molecule has 2 unspecified atom stereocenters. The first kappa shape index (κ1) is 14.1. The summed E-state index contributed by atoms with van der Waals surface area (Å²) in [6, 6.07) is 6.44. The lowest BCUT2D eigenvalue weighted by molar-refractivity contribution is -0.124. The summed E-state index contributed by atoms with van der Waals surface area (Å²) < 4.78 is 0. The molecule has 2 atom stereocenters. The standard InChI is InChI=1S/C16H24N2O/c1-11-7-8-12(2)14(10-11)13(3)18-16(19)15-6-4-5-9-17-15/h7-8,10,13,15,17H,4-6,9H2,1-3H3,(H,18,19). The molecular weight excluding hydrogens is 236 g/mol. The van der Waals surface area contributed by atoms with Crippen LogP contribution in [0.5, 0.6) is 0 Å². The second-order valence-corrected chi connectivity index (χ2v) is 5.59. The van der Waals surface area contributed by atoms with Gasteiger partial charge >= 0.3 is 0 Å². The van der Waals surface area contributed by atoms with Gasteiger partial charge in [-0.1, -0.05) is 30.2 Å². The van der Waals surface area contributed by atoms with Crippen LogP contribution in [0, 0.1) is 13.8 Å². The van der Waals surface area contributed by atoms with E-state index in [-0.39, 0.29) is 18.0 Å². The zero-order valence-electron chi connectivity index (χ0n) is 12.1. The van der Waals surface area contributed by atoms with Gasteiger partial charge in [-0.3, -0.25) is 4.79 Å². The van der Waals surface area contributed by atoms with Crippen LogP contribution in [0.1, 0.15) is 48.9 Å². The maximum atomic E-state index is 12.2. The molecule has 0 aliphatic carbocycles. The van der Waals surface area contributed by atoms with Gasteiger partial charge in [0.2, 0.25) is 5.91 Å². The number of rotatable bonds is 3. The van der Waals surface area contributed by atoms with Crippen LogP contribution in [0.25, 0.3) is 0 Å². The summed E-state index contributed by atoms with van der Waals surface area (Å²) in [5.74, 6) is 0.133. The first-order valence-electron chi connectivity index (χ1n) is 7.19. The highest BCUT2D eigenvalue weighted by Gasteiger charge is 2.22. The molecule has 3 nitrogen and oxygen atoms in total. The molecule has 0 radical (unpaired) electrons. The number of aryl methyl sites for hydroxylation is 2. The molecule has 0 bridgehead atoms. The number of nitrogens with one attached hydrogen (secondary N) is 2. The molecule has 0 saturated carbocycles. The van der Waals surface area contributed by atoms with Crippen LogP contribution in [-0.2, 0) is 4.79 Å². The maximum Gasteiger partial charge on any atom is 0.237 e. The molecule has 0 spiro atoms. The van der Waals surface area contributed by atoms with E-state index in [1.54, 1.807) is 0 Å². The summed E-state index contributed by atoms with van der Waals surface area (Å²) in [6.07, 6.45) is 3.27. The topological polar surface area (TPSA) is 41.1 Å². The Kier molecular flexibility index (Phi) is 4.59. The number of carbonyl (C=O) groups is 1. The van der Waals surface area contributed by atoms with Crippen molar-refractivity contribution < 1.29 is 4.79 Å². The first-order chi connectivity index (χ1) is 9.08. The van der Waals surface area contributed by atoms with Crippen LogP contribution in [0.3, 0.4) is 0 Å². The Morgan fingerprint density at radius 2 is 2.16 bits per heavy atom. The lowest BCUT2D eigenvalue weighted by atomic mass is 9.99. The van der Waals surface area contributed by atoms with E-state index in [0.717, 1.165) is 19.4 Å². The minimum atomic E-state index is -0.0127. The summed E-state index contributed by atoms with van der Waals surface area (Å²) in [4.78, 5) is 12.2. The van der Waals surface area contributed by atoms with Gasteiger partial charge < -0.3 is 10.6 Å². The largest absolute Gasteiger partial charge is 0.348 e. The first-order valence-corrected chi connectivity index (χ1v) is 7.19. The van der Waals surface area contributed by atoms with Crippen molar-refractivity contribution in [3.05, 3.63) is 34.9 Å². The number of carbonyl (C=O) groups excluding carboxylic acids is 1. The average molecular weight is 260 g/mol. The number of piperidine rings is 1. The Hall–Kier alpha value is -1.35. The monoisotopic (exact) mass is 260 g/mol. The Morgan fingerprint density at radius 3 is 2.84 bits per heavy atom. The molecule has 1 fully saturated rings. The fraction of sp³-hybridized carbons (Fsp3) is 0.562. The third-order valence-electron chi connectivity index (χ3n) is 3.89. The van der Waals surface area contributed by atoms with Crippen molar-refractivity contribution >= 4 is 5.91 Å². The quantitative estimate of drug-likeness (QED) is 0.877. The molecule has 1 saturated heterocycles. The van der Waals surface area contributed by atoms with Crippen LogP contribution in [0.15, 0.2) is 18.2 Å². The molecule has 2 rings (SSSR count). The highest BCUT2D eigenvalue weighted by molar-refractivity contribution is 5.82. The Balaban J connectivity index is 2.01. The second-order valence-electron chi connectivity index (χ2n) is 5.59. The molecule has 1 aromatic rings. The molecule has 1 aliphatic rings. The van der Waals surface area contributed by atoms with Gasteiger partial charge in [0.15, 0.2) is 0 Å². The molecule has 19 heavy (non-hydrogen) atoms. The van der Waals surface area contributed by atoms with Crippen molar-refractivity contribution in [1.29, 1.82) is 0 Å². The van der Waals surface area contributed by atoms with E-state index < -0.39 is 0 Å². The van der Waals surface area contributed by atoms with Crippen LogP contribution >= 0.6 is 0 Å². The van der Waals surface area contributed by atoms with Gasteiger partial charge in [-0.05, 0) is 51.3 Å². The van der Waals surface area contributed by atoms with Crippen LogP contribution in [0.2, 0.25) is 0 Å². The zero-order valence-corrected chi connectivity index (χ0v) is 12.1. The number of hydrogen-bond acceptors (Lipinski definition) is 2. The molecule has 1 aliphatic heterocycles. The molecular formula is C16H24N2O. The summed E-state index contributed by atoms with van der Waals surface area (Å²) in [6.45, 7) is 7.19. The van der Waals surface area contributed by atoms with E-state index in [0.29, 0.717) is 0 Å². The van der Waals surface area contributed by atoms with Crippen LogP contribution in [-0.4, -0.2) is 18.5 Å². The molecule has 0 aromatic heterocycles. The molecule has 1 heterocycles. The average Bonchev–Trinajstić information content (AvgIpc) is 2.42. The van der Waals surface area contributed by atoms with Gasteiger partial charge in [0, 0.05) is 0 Å². The molecule has 104 valence electrons. The lowest BCUT2D eigenvalue weighted by Gasteiger charge is -2.25. The predicted octanol–water partition coefficient (Wildman–Crippen LogP) is 2.62. The van der Waals surface area contributed by atoms with E-state index in [9.17, 15) is 4.79 Å². The zero-order chi connectivity index (χ0) is 13.8. The van der Waals surface area contributed by atoms with Crippen molar-refractivity contribution in [1.82, 2.24) is 10.6 Å². The van der Waals surface area contributed by atoms with E-state index in [2.05, 4.69) is 49.6 Å². The normalized spacial score (nSPS) is 20.9. The highest BCUT2D eigenvalue weighted by atomic mass is 16.2. The smallest absolute Gasteiger partial charge is 0.237 e. The summed E-state index contributed by atoms with van der Waals surface area (Å²) in [5.41, 5.74) is 3.68. The number of hydrogen-bond donors (Lipinski definition) is 2. The molecule has 2 N–H and O–H groups in total. The van der Waals surface area contributed by atoms with Gasteiger partial charge in [0.05, 0.1) is 12.1 Å². The van der Waals surface area contributed by atoms with Crippen molar-refractivity contribution in [2.75, 3.05) is 6.54 Å². The fourth-order valence-electron chi connectivity index (χ4n) is 2.69. The minimum Gasteiger partial charge on any atom is -0.348 e. The van der Waals surface area contributed by atoms with Crippen molar-refractivity contribution in [2.24, 2.45) is 0 Å².